The van der Waals surface area contributed by atoms with Gasteiger partial charge in [0.15, 0.2) is 0 Å². The topological polar surface area (TPSA) is 95.1 Å². The van der Waals surface area contributed by atoms with Crippen LogP contribution in [0.5, 0.6) is 0 Å². The lowest BCUT2D eigenvalue weighted by molar-refractivity contribution is -0.141. The Balaban J connectivity index is 1.31. The second-order valence-corrected chi connectivity index (χ2v) is 10.4. The minimum absolute atomic E-state index is 0.0470. The fourth-order valence-electron chi connectivity index (χ4n) is 4.41. The second kappa shape index (κ2) is 8.72. The molecule has 0 saturated carbocycles. The van der Waals surface area contributed by atoms with Crippen molar-refractivity contribution in [2.45, 2.75) is 24.2 Å². The molecule has 2 saturated heterocycles. The zero-order valence-electron chi connectivity index (χ0n) is 16.9. The number of carbonyl (C=O) groups is 3. The number of halogens is 1. The lowest BCUT2D eigenvalue weighted by atomic mass is 9.85. The number of rotatable bonds is 5. The molecule has 8 nitrogen and oxygen atoms in total. The highest BCUT2D eigenvalue weighted by atomic mass is 35.5. The van der Waals surface area contributed by atoms with E-state index in [0.717, 1.165) is 0 Å². The standard InChI is InChI=1S/C21H24ClN3O5S/c22-15-4-3-5-16(14-15)31(29,30)24-12-10-23(11-13-24)19(26)8-9-25-20(27)17-6-1-2-7-18(17)21(25)28/h1-5,14,17-18H,6-13H2/t17-,18-/m0/s1. The summed E-state index contributed by atoms with van der Waals surface area (Å²) in [7, 11) is -3.68. The number of piperazine rings is 1. The van der Waals surface area contributed by atoms with E-state index < -0.39 is 10.0 Å². The average Bonchev–Trinajstić information content (AvgIpc) is 3.02. The van der Waals surface area contributed by atoms with Gasteiger partial charge in [0.25, 0.3) is 0 Å². The maximum Gasteiger partial charge on any atom is 0.243 e. The monoisotopic (exact) mass is 465 g/mol. The summed E-state index contributed by atoms with van der Waals surface area (Å²) in [6.07, 6.45) is 5.05. The first-order chi connectivity index (χ1) is 14.8. The summed E-state index contributed by atoms with van der Waals surface area (Å²) in [6.45, 7) is 0.950. The Morgan fingerprint density at radius 2 is 1.61 bits per heavy atom. The molecule has 31 heavy (non-hydrogen) atoms. The van der Waals surface area contributed by atoms with Gasteiger partial charge in [-0.25, -0.2) is 8.42 Å². The molecule has 166 valence electrons. The molecular weight excluding hydrogens is 442 g/mol. The first-order valence-electron chi connectivity index (χ1n) is 10.3. The Bertz CT molecular complexity index is 1010. The molecule has 0 unspecified atom stereocenters. The summed E-state index contributed by atoms with van der Waals surface area (Å²) in [6, 6.07) is 6.10. The van der Waals surface area contributed by atoms with Crippen molar-refractivity contribution in [2.75, 3.05) is 32.7 Å². The number of allylic oxidation sites excluding steroid dienone is 2. The van der Waals surface area contributed by atoms with Crippen molar-refractivity contribution < 1.29 is 22.8 Å². The normalized spacial score (nSPS) is 24.5. The third-order valence-electron chi connectivity index (χ3n) is 6.17. The summed E-state index contributed by atoms with van der Waals surface area (Å²) in [5.74, 6) is -1.16. The largest absolute Gasteiger partial charge is 0.340 e. The molecule has 2 fully saturated rings. The first-order valence-corrected chi connectivity index (χ1v) is 12.1. The number of nitrogens with zero attached hydrogens (tertiary/aromatic N) is 3. The van der Waals surface area contributed by atoms with Crippen molar-refractivity contribution in [3.05, 3.63) is 41.4 Å². The van der Waals surface area contributed by atoms with Crippen LogP contribution in [0.3, 0.4) is 0 Å². The van der Waals surface area contributed by atoms with Crippen LogP contribution in [-0.4, -0.2) is 73.0 Å². The highest BCUT2D eigenvalue weighted by Gasteiger charge is 2.47. The van der Waals surface area contributed by atoms with E-state index in [9.17, 15) is 22.8 Å². The van der Waals surface area contributed by atoms with Crippen LogP contribution in [0.2, 0.25) is 5.02 Å². The van der Waals surface area contributed by atoms with E-state index in [1.807, 2.05) is 12.2 Å². The van der Waals surface area contributed by atoms with Gasteiger partial charge in [-0.1, -0.05) is 29.8 Å². The lowest BCUT2D eigenvalue weighted by Gasteiger charge is -2.34. The number of carbonyl (C=O) groups excluding carboxylic acids is 3. The van der Waals surface area contributed by atoms with Crippen LogP contribution in [0.15, 0.2) is 41.3 Å². The van der Waals surface area contributed by atoms with Gasteiger partial charge in [0.2, 0.25) is 27.7 Å². The molecule has 2 heterocycles. The molecule has 1 aromatic rings. The van der Waals surface area contributed by atoms with Gasteiger partial charge in [-0.3, -0.25) is 19.3 Å². The third kappa shape index (κ3) is 4.26. The average molecular weight is 466 g/mol. The molecule has 2 aliphatic heterocycles. The van der Waals surface area contributed by atoms with E-state index in [1.54, 1.807) is 17.0 Å². The Hall–Kier alpha value is -2.23. The molecule has 0 radical (unpaired) electrons. The van der Waals surface area contributed by atoms with E-state index in [2.05, 4.69) is 0 Å². The summed E-state index contributed by atoms with van der Waals surface area (Å²) in [4.78, 5) is 40.6. The fourth-order valence-corrected chi connectivity index (χ4v) is 6.13. The summed E-state index contributed by atoms with van der Waals surface area (Å²) in [5, 5.41) is 0.344. The minimum atomic E-state index is -3.68. The predicted molar refractivity (Wildman–Crippen MR) is 113 cm³/mol. The Morgan fingerprint density at radius 1 is 1.00 bits per heavy atom. The molecule has 0 bridgehead atoms. The molecular formula is C21H24ClN3O5S. The van der Waals surface area contributed by atoms with Gasteiger partial charge in [-0.2, -0.15) is 4.31 Å². The number of likely N-dealkylation sites (tertiary alicyclic amines) is 1. The number of benzene rings is 1. The van der Waals surface area contributed by atoms with Gasteiger partial charge < -0.3 is 4.90 Å². The van der Waals surface area contributed by atoms with Gasteiger partial charge in [0, 0.05) is 44.2 Å². The van der Waals surface area contributed by atoms with E-state index in [0.29, 0.717) is 17.9 Å². The highest BCUT2D eigenvalue weighted by Crippen LogP contribution is 2.35. The van der Waals surface area contributed by atoms with Crippen LogP contribution >= 0.6 is 11.6 Å². The number of imide groups is 1. The quantitative estimate of drug-likeness (QED) is 0.485. The molecule has 0 spiro atoms. The highest BCUT2D eigenvalue weighted by molar-refractivity contribution is 7.89. The number of hydrogen-bond donors (Lipinski definition) is 0. The SMILES string of the molecule is O=C(CCN1C(=O)[C@H]2CC=CC[C@@H]2C1=O)N1CCN(S(=O)(=O)c2cccc(Cl)c2)CC1. The van der Waals surface area contributed by atoms with Crippen molar-refractivity contribution in [3.63, 3.8) is 0 Å². The number of fused-ring (bicyclic) bond motifs is 1. The third-order valence-corrected chi connectivity index (χ3v) is 8.30. The molecule has 0 N–H and O–H groups in total. The van der Waals surface area contributed by atoms with Gasteiger partial charge in [0.1, 0.15) is 0 Å². The van der Waals surface area contributed by atoms with Crippen molar-refractivity contribution >= 4 is 39.3 Å². The van der Waals surface area contributed by atoms with Crippen molar-refractivity contribution in [1.29, 1.82) is 0 Å². The van der Waals surface area contributed by atoms with Gasteiger partial charge in [-0.15, -0.1) is 0 Å². The minimum Gasteiger partial charge on any atom is -0.340 e. The molecule has 1 aliphatic carbocycles. The van der Waals surface area contributed by atoms with Crippen LogP contribution in [0.25, 0.3) is 0 Å². The molecule has 10 heteroatoms. The maximum absolute atomic E-state index is 12.8. The lowest BCUT2D eigenvalue weighted by Crippen LogP contribution is -2.51. The first kappa shape index (κ1) is 22.0. The maximum atomic E-state index is 12.8. The van der Waals surface area contributed by atoms with E-state index in [1.165, 1.54) is 21.3 Å². The van der Waals surface area contributed by atoms with Crippen LogP contribution in [-0.2, 0) is 24.4 Å². The summed E-state index contributed by atoms with van der Waals surface area (Å²) in [5.41, 5.74) is 0. The summed E-state index contributed by atoms with van der Waals surface area (Å²) >= 11 is 5.91. The molecule has 3 aliphatic rings. The van der Waals surface area contributed by atoms with Gasteiger partial charge >= 0.3 is 0 Å². The smallest absolute Gasteiger partial charge is 0.243 e. The van der Waals surface area contributed by atoms with Crippen LogP contribution in [0, 0.1) is 11.8 Å². The Morgan fingerprint density at radius 3 is 2.19 bits per heavy atom. The van der Waals surface area contributed by atoms with Crippen molar-refractivity contribution in [3.8, 4) is 0 Å². The summed E-state index contributed by atoms with van der Waals surface area (Å²) < 4.78 is 26.9. The van der Waals surface area contributed by atoms with E-state index in [-0.39, 0.29) is 73.6 Å². The Labute approximate surface area is 186 Å². The molecule has 0 aromatic heterocycles. The Kier molecular flexibility index (Phi) is 6.18. The van der Waals surface area contributed by atoms with Gasteiger partial charge in [-0.05, 0) is 31.0 Å². The molecule has 2 atom stereocenters. The molecule has 4 rings (SSSR count). The van der Waals surface area contributed by atoms with Crippen molar-refractivity contribution in [1.82, 2.24) is 14.1 Å². The predicted octanol–water partition coefficient (Wildman–Crippen LogP) is 1.51. The van der Waals surface area contributed by atoms with Crippen molar-refractivity contribution in [2.24, 2.45) is 11.8 Å². The zero-order valence-corrected chi connectivity index (χ0v) is 18.5. The zero-order chi connectivity index (χ0) is 22.2. The van der Waals surface area contributed by atoms with E-state index >= 15 is 0 Å². The number of amides is 3. The number of sulfonamides is 1. The van der Waals surface area contributed by atoms with E-state index in [4.69, 9.17) is 11.6 Å². The van der Waals surface area contributed by atoms with Crippen LogP contribution < -0.4 is 0 Å². The second-order valence-electron chi connectivity index (χ2n) is 7.98. The number of hydrogen-bond acceptors (Lipinski definition) is 5. The molecule has 1 aromatic carbocycles. The molecule has 3 amide bonds. The van der Waals surface area contributed by atoms with Gasteiger partial charge in [0.05, 0.1) is 16.7 Å². The van der Waals surface area contributed by atoms with Crippen LogP contribution in [0.4, 0.5) is 0 Å². The fraction of sp³-hybridized carbons (Fsp3) is 0.476. The van der Waals surface area contributed by atoms with Crippen LogP contribution in [0.1, 0.15) is 19.3 Å².